The molecule has 8 heteroatoms. The molecule has 0 aliphatic heterocycles. The minimum Gasteiger partial charge on any atom is -0.341 e. The maximum atomic E-state index is 12.3. The molecule has 3 N–H and O–H groups in total. The van der Waals surface area contributed by atoms with Crippen molar-refractivity contribution in [2.75, 3.05) is 17.7 Å². The van der Waals surface area contributed by atoms with Gasteiger partial charge in [0.15, 0.2) is 5.69 Å². The predicted molar refractivity (Wildman–Crippen MR) is 98.0 cm³/mol. The lowest BCUT2D eigenvalue weighted by molar-refractivity contribution is 0.102. The van der Waals surface area contributed by atoms with Crippen LogP contribution in [0.25, 0.3) is 0 Å². The summed E-state index contributed by atoms with van der Waals surface area (Å²) >= 11 is 0. The largest absolute Gasteiger partial charge is 0.341 e. The number of hydrogen-bond donors (Lipinski definition) is 3. The molecule has 0 aliphatic carbocycles. The molecule has 1 aromatic heterocycles. The van der Waals surface area contributed by atoms with Crippen LogP contribution in [0.5, 0.6) is 0 Å². The summed E-state index contributed by atoms with van der Waals surface area (Å²) in [5.74, 6) is -0.374. The quantitative estimate of drug-likeness (QED) is 0.657. The Hall–Kier alpha value is -3.68. The summed E-state index contributed by atoms with van der Waals surface area (Å²) in [6.45, 7) is 0.534. The Morgan fingerprint density at radius 2 is 1.73 bits per heavy atom. The fourth-order valence-corrected chi connectivity index (χ4v) is 2.31. The van der Waals surface area contributed by atoms with Gasteiger partial charge in [-0.25, -0.2) is 9.48 Å². The van der Waals surface area contributed by atoms with Crippen LogP contribution in [0, 0.1) is 0 Å². The number of benzene rings is 2. The Labute approximate surface area is 150 Å². The zero-order valence-electron chi connectivity index (χ0n) is 14.1. The molecule has 0 saturated carbocycles. The molecule has 0 bridgehead atoms. The maximum absolute atomic E-state index is 12.3. The van der Waals surface area contributed by atoms with E-state index in [0.717, 1.165) is 5.56 Å². The minimum absolute atomic E-state index is 0.214. The lowest BCUT2D eigenvalue weighted by atomic mass is 10.2. The third kappa shape index (κ3) is 4.44. The molecular weight excluding hydrogens is 332 g/mol. The molecule has 2 aromatic carbocycles. The van der Waals surface area contributed by atoms with Gasteiger partial charge in [-0.15, -0.1) is 5.10 Å². The van der Waals surface area contributed by atoms with Gasteiger partial charge in [-0.3, -0.25) is 4.79 Å². The van der Waals surface area contributed by atoms with Crippen molar-refractivity contribution >= 4 is 23.3 Å². The second kappa shape index (κ2) is 7.93. The molecule has 26 heavy (non-hydrogen) atoms. The summed E-state index contributed by atoms with van der Waals surface area (Å²) in [6, 6.07) is 16.3. The first kappa shape index (κ1) is 17.2. The number of anilines is 2. The molecule has 132 valence electrons. The highest BCUT2D eigenvalue weighted by molar-refractivity contribution is 6.03. The van der Waals surface area contributed by atoms with E-state index in [1.165, 1.54) is 7.05 Å². The number of carbonyl (C=O) groups excluding carboxylic acids is 2. The van der Waals surface area contributed by atoms with Gasteiger partial charge in [-0.2, -0.15) is 0 Å². The van der Waals surface area contributed by atoms with Crippen molar-refractivity contribution < 1.29 is 9.59 Å². The van der Waals surface area contributed by atoms with E-state index in [-0.39, 0.29) is 17.6 Å². The highest BCUT2D eigenvalue weighted by atomic mass is 16.2. The molecule has 0 unspecified atom stereocenters. The van der Waals surface area contributed by atoms with E-state index in [0.29, 0.717) is 17.9 Å². The van der Waals surface area contributed by atoms with Crippen LogP contribution >= 0.6 is 0 Å². The Bertz CT molecular complexity index is 907. The zero-order chi connectivity index (χ0) is 18.4. The minimum atomic E-state index is -0.374. The molecule has 3 aromatic rings. The standard InChI is InChI=1S/C18H18N6O2/c1-19-18(26)21-15-9-5-8-14(10-15)20-17(25)16-12-24(23-22-16)11-13-6-3-2-4-7-13/h2-10,12H,11H2,1H3,(H,20,25)(H2,19,21,26). The lowest BCUT2D eigenvalue weighted by Crippen LogP contribution is -2.24. The molecule has 0 aliphatic rings. The van der Waals surface area contributed by atoms with Crippen LogP contribution < -0.4 is 16.0 Å². The van der Waals surface area contributed by atoms with Crippen molar-refractivity contribution in [3.8, 4) is 0 Å². The molecule has 3 amide bonds. The van der Waals surface area contributed by atoms with E-state index in [1.807, 2.05) is 30.3 Å². The van der Waals surface area contributed by atoms with Crippen LogP contribution in [0.2, 0.25) is 0 Å². The van der Waals surface area contributed by atoms with E-state index in [2.05, 4.69) is 26.3 Å². The summed E-state index contributed by atoms with van der Waals surface area (Å²) in [6.07, 6.45) is 1.59. The molecule has 0 saturated heterocycles. The number of aromatic nitrogens is 3. The molecule has 8 nitrogen and oxygen atoms in total. The average molecular weight is 350 g/mol. The topological polar surface area (TPSA) is 101 Å². The normalized spacial score (nSPS) is 10.2. The Balaban J connectivity index is 1.65. The third-order valence-electron chi connectivity index (χ3n) is 3.56. The third-order valence-corrected chi connectivity index (χ3v) is 3.56. The smallest absolute Gasteiger partial charge is 0.318 e. The van der Waals surface area contributed by atoms with Crippen LogP contribution in [0.3, 0.4) is 0 Å². The first-order valence-electron chi connectivity index (χ1n) is 7.98. The fraction of sp³-hybridized carbons (Fsp3) is 0.111. The number of carbonyl (C=O) groups is 2. The van der Waals surface area contributed by atoms with Gasteiger partial charge in [0.05, 0.1) is 12.7 Å². The zero-order valence-corrected chi connectivity index (χ0v) is 14.1. The molecule has 0 fully saturated rings. The summed E-state index contributed by atoms with van der Waals surface area (Å²) < 4.78 is 1.60. The molecule has 1 heterocycles. The van der Waals surface area contributed by atoms with E-state index < -0.39 is 0 Å². The van der Waals surface area contributed by atoms with E-state index in [1.54, 1.807) is 35.1 Å². The summed E-state index contributed by atoms with van der Waals surface area (Å²) in [7, 11) is 1.53. The van der Waals surface area contributed by atoms with Crippen molar-refractivity contribution in [3.63, 3.8) is 0 Å². The van der Waals surface area contributed by atoms with Crippen LogP contribution in [0.1, 0.15) is 16.1 Å². The number of urea groups is 1. The number of hydrogen-bond acceptors (Lipinski definition) is 4. The van der Waals surface area contributed by atoms with E-state index in [9.17, 15) is 9.59 Å². The first-order chi connectivity index (χ1) is 12.6. The van der Waals surface area contributed by atoms with Crippen molar-refractivity contribution in [1.82, 2.24) is 20.3 Å². The Morgan fingerprint density at radius 3 is 2.46 bits per heavy atom. The maximum Gasteiger partial charge on any atom is 0.318 e. The molecule has 3 rings (SSSR count). The van der Waals surface area contributed by atoms with Crippen LogP contribution in [0.4, 0.5) is 16.2 Å². The number of nitrogens with one attached hydrogen (secondary N) is 3. The Morgan fingerprint density at radius 1 is 1.00 bits per heavy atom. The molecule has 0 radical (unpaired) electrons. The summed E-state index contributed by atoms with van der Waals surface area (Å²) in [5, 5.41) is 15.7. The van der Waals surface area contributed by atoms with Crippen LogP contribution in [0.15, 0.2) is 60.8 Å². The number of nitrogens with zero attached hydrogens (tertiary/aromatic N) is 3. The summed E-state index contributed by atoms with van der Waals surface area (Å²) in [4.78, 5) is 23.7. The monoisotopic (exact) mass is 350 g/mol. The van der Waals surface area contributed by atoms with Crippen LogP contribution in [-0.2, 0) is 6.54 Å². The number of rotatable bonds is 5. The van der Waals surface area contributed by atoms with Crippen molar-refractivity contribution in [2.24, 2.45) is 0 Å². The van der Waals surface area contributed by atoms with Crippen molar-refractivity contribution in [3.05, 3.63) is 72.1 Å². The fourth-order valence-electron chi connectivity index (χ4n) is 2.31. The van der Waals surface area contributed by atoms with Gasteiger partial charge in [-0.05, 0) is 23.8 Å². The molecule has 0 atom stereocenters. The lowest BCUT2D eigenvalue weighted by Gasteiger charge is -2.07. The SMILES string of the molecule is CNC(=O)Nc1cccc(NC(=O)c2cn(Cc3ccccc3)nn2)c1. The van der Waals surface area contributed by atoms with Gasteiger partial charge in [0, 0.05) is 18.4 Å². The first-order valence-corrected chi connectivity index (χ1v) is 7.98. The molecule has 0 spiro atoms. The van der Waals surface area contributed by atoms with Gasteiger partial charge in [0.1, 0.15) is 0 Å². The van der Waals surface area contributed by atoms with Gasteiger partial charge in [-0.1, -0.05) is 41.6 Å². The van der Waals surface area contributed by atoms with E-state index in [4.69, 9.17) is 0 Å². The van der Waals surface area contributed by atoms with Gasteiger partial charge in [0.2, 0.25) is 0 Å². The van der Waals surface area contributed by atoms with Crippen molar-refractivity contribution in [2.45, 2.75) is 6.54 Å². The van der Waals surface area contributed by atoms with Gasteiger partial charge >= 0.3 is 6.03 Å². The second-order valence-corrected chi connectivity index (χ2v) is 5.53. The molecular formula is C18H18N6O2. The van der Waals surface area contributed by atoms with Gasteiger partial charge in [0.25, 0.3) is 5.91 Å². The van der Waals surface area contributed by atoms with Crippen molar-refractivity contribution in [1.29, 1.82) is 0 Å². The predicted octanol–water partition coefficient (Wildman–Crippen LogP) is 2.33. The van der Waals surface area contributed by atoms with Gasteiger partial charge < -0.3 is 16.0 Å². The van der Waals surface area contributed by atoms with E-state index >= 15 is 0 Å². The second-order valence-electron chi connectivity index (χ2n) is 5.53. The number of amides is 3. The highest BCUT2D eigenvalue weighted by Crippen LogP contribution is 2.15. The van der Waals surface area contributed by atoms with Crippen LogP contribution in [-0.4, -0.2) is 34.0 Å². The summed E-state index contributed by atoms with van der Waals surface area (Å²) in [5.41, 5.74) is 2.39. The average Bonchev–Trinajstić information content (AvgIpc) is 3.11. The Kier molecular flexibility index (Phi) is 5.23. The highest BCUT2D eigenvalue weighted by Gasteiger charge is 2.12.